The van der Waals surface area contributed by atoms with Crippen molar-refractivity contribution in [3.63, 3.8) is 0 Å². The number of benzene rings is 1. The van der Waals surface area contributed by atoms with Gasteiger partial charge in [0.15, 0.2) is 0 Å². The van der Waals surface area contributed by atoms with Gasteiger partial charge >= 0.3 is 0 Å². The van der Waals surface area contributed by atoms with Gasteiger partial charge in [-0.15, -0.1) is 10.2 Å². The lowest BCUT2D eigenvalue weighted by Crippen LogP contribution is -1.95. The van der Waals surface area contributed by atoms with Gasteiger partial charge in [0.25, 0.3) is 0 Å². The molecule has 0 amide bonds. The van der Waals surface area contributed by atoms with E-state index in [9.17, 15) is 0 Å². The third-order valence-corrected chi connectivity index (χ3v) is 2.17. The number of nitrogens with zero attached hydrogens (tertiary/aromatic N) is 3. The molecule has 0 spiro atoms. The molecule has 15 heavy (non-hydrogen) atoms. The summed E-state index contributed by atoms with van der Waals surface area (Å²) >= 11 is 5.85. The number of hydrogen-bond acceptors (Lipinski definition) is 3. The lowest BCUT2D eigenvalue weighted by molar-refractivity contribution is 0.340. The van der Waals surface area contributed by atoms with Crippen molar-refractivity contribution >= 4 is 11.6 Å². The van der Waals surface area contributed by atoms with Crippen molar-refractivity contribution < 1.29 is 4.74 Å². The van der Waals surface area contributed by atoms with E-state index in [-0.39, 0.29) is 0 Å². The molecule has 1 heterocycles. The van der Waals surface area contributed by atoms with Crippen molar-refractivity contribution in [3.8, 4) is 11.4 Å². The van der Waals surface area contributed by atoms with Crippen LogP contribution < -0.4 is 4.74 Å². The molecule has 0 unspecified atom stereocenters. The summed E-state index contributed by atoms with van der Waals surface area (Å²) in [7, 11) is 0. The normalized spacial score (nSPS) is 10.3. The van der Waals surface area contributed by atoms with Crippen LogP contribution in [0.5, 0.6) is 5.75 Å². The highest BCUT2D eigenvalue weighted by molar-refractivity contribution is 6.28. The van der Waals surface area contributed by atoms with Gasteiger partial charge in [-0.05, 0) is 30.7 Å². The van der Waals surface area contributed by atoms with Gasteiger partial charge in [0.2, 0.25) is 5.28 Å². The van der Waals surface area contributed by atoms with Crippen LogP contribution in [0.2, 0.25) is 5.28 Å². The summed E-state index contributed by atoms with van der Waals surface area (Å²) in [6.45, 7) is 2.58. The van der Waals surface area contributed by atoms with Crippen LogP contribution in [0.1, 0.15) is 6.92 Å². The highest BCUT2D eigenvalue weighted by atomic mass is 35.5. The molecule has 0 bridgehead atoms. The smallest absolute Gasteiger partial charge is 0.229 e. The Kier molecular flexibility index (Phi) is 2.87. The summed E-state index contributed by atoms with van der Waals surface area (Å²) in [6.07, 6.45) is 1.56. The minimum absolute atomic E-state index is 0.337. The van der Waals surface area contributed by atoms with Crippen LogP contribution >= 0.6 is 11.6 Å². The van der Waals surface area contributed by atoms with Crippen molar-refractivity contribution in [1.82, 2.24) is 14.8 Å². The first-order chi connectivity index (χ1) is 7.31. The molecule has 5 heteroatoms. The van der Waals surface area contributed by atoms with Gasteiger partial charge in [0.05, 0.1) is 12.3 Å². The van der Waals surface area contributed by atoms with Crippen molar-refractivity contribution in [2.45, 2.75) is 6.92 Å². The van der Waals surface area contributed by atoms with E-state index in [1.807, 2.05) is 31.2 Å². The maximum absolute atomic E-state index is 5.85. The third kappa shape index (κ3) is 2.10. The summed E-state index contributed by atoms with van der Waals surface area (Å²) in [5.74, 6) is 0.805. The first-order valence-electron chi connectivity index (χ1n) is 4.60. The van der Waals surface area contributed by atoms with Crippen molar-refractivity contribution in [1.29, 1.82) is 0 Å². The van der Waals surface area contributed by atoms with Crippen LogP contribution in [0.3, 0.4) is 0 Å². The monoisotopic (exact) mass is 223 g/mol. The molecular weight excluding hydrogens is 214 g/mol. The minimum Gasteiger partial charge on any atom is -0.494 e. The van der Waals surface area contributed by atoms with E-state index in [0.29, 0.717) is 11.9 Å². The molecule has 2 aromatic rings. The van der Waals surface area contributed by atoms with Gasteiger partial charge in [-0.25, -0.2) is 0 Å². The maximum atomic E-state index is 5.85. The second kappa shape index (κ2) is 4.31. The average molecular weight is 224 g/mol. The van der Waals surface area contributed by atoms with E-state index in [2.05, 4.69) is 10.2 Å². The van der Waals surface area contributed by atoms with Crippen LogP contribution in [0, 0.1) is 0 Å². The third-order valence-electron chi connectivity index (χ3n) is 1.91. The topological polar surface area (TPSA) is 39.9 Å². The Labute approximate surface area is 92.5 Å². The standard InChI is InChI=1S/C10H10ClN3O/c1-2-15-9-5-3-4-8(6-9)14-7-12-13-10(14)11/h3-7H,2H2,1H3. The first kappa shape index (κ1) is 9.98. The van der Waals surface area contributed by atoms with E-state index >= 15 is 0 Å². The number of hydrogen-bond donors (Lipinski definition) is 0. The molecular formula is C10H10ClN3O. The fraction of sp³-hybridized carbons (Fsp3) is 0.200. The summed E-state index contributed by atoms with van der Waals surface area (Å²) in [6, 6.07) is 7.60. The quantitative estimate of drug-likeness (QED) is 0.802. The lowest BCUT2D eigenvalue weighted by Gasteiger charge is -2.06. The highest BCUT2D eigenvalue weighted by Crippen LogP contribution is 2.19. The zero-order valence-electron chi connectivity index (χ0n) is 8.22. The molecule has 2 rings (SSSR count). The summed E-state index contributed by atoms with van der Waals surface area (Å²) in [5, 5.41) is 7.76. The molecule has 4 nitrogen and oxygen atoms in total. The Hall–Kier alpha value is -1.55. The molecule has 0 saturated carbocycles. The van der Waals surface area contributed by atoms with E-state index in [1.54, 1.807) is 10.9 Å². The van der Waals surface area contributed by atoms with Crippen molar-refractivity contribution in [3.05, 3.63) is 35.9 Å². The van der Waals surface area contributed by atoms with E-state index in [0.717, 1.165) is 11.4 Å². The number of ether oxygens (including phenoxy) is 1. The van der Waals surface area contributed by atoms with Crippen LogP contribution in [0.4, 0.5) is 0 Å². The molecule has 1 aromatic heterocycles. The van der Waals surface area contributed by atoms with Crippen molar-refractivity contribution in [2.75, 3.05) is 6.61 Å². The first-order valence-corrected chi connectivity index (χ1v) is 4.98. The Morgan fingerprint density at radius 1 is 1.47 bits per heavy atom. The van der Waals surface area contributed by atoms with E-state index in [4.69, 9.17) is 16.3 Å². The fourth-order valence-corrected chi connectivity index (χ4v) is 1.47. The molecule has 0 saturated heterocycles. The van der Waals surface area contributed by atoms with Gasteiger partial charge in [-0.1, -0.05) is 6.07 Å². The SMILES string of the molecule is CCOc1cccc(-n2cnnc2Cl)c1. The molecule has 0 aliphatic heterocycles. The Bertz CT molecular complexity index is 455. The number of aromatic nitrogens is 3. The van der Waals surface area contributed by atoms with Gasteiger partial charge in [0, 0.05) is 6.07 Å². The molecule has 0 N–H and O–H groups in total. The minimum atomic E-state index is 0.337. The number of halogens is 1. The van der Waals surface area contributed by atoms with Crippen LogP contribution in [0.15, 0.2) is 30.6 Å². The molecule has 0 aliphatic rings. The molecule has 0 radical (unpaired) electrons. The van der Waals surface area contributed by atoms with Gasteiger partial charge in [-0.2, -0.15) is 0 Å². The molecule has 0 atom stereocenters. The van der Waals surface area contributed by atoms with Gasteiger partial charge < -0.3 is 4.74 Å². The zero-order chi connectivity index (χ0) is 10.7. The second-order valence-corrected chi connectivity index (χ2v) is 3.24. The summed E-state index contributed by atoms with van der Waals surface area (Å²) in [5.41, 5.74) is 0.885. The van der Waals surface area contributed by atoms with Crippen LogP contribution in [0.25, 0.3) is 5.69 Å². The lowest BCUT2D eigenvalue weighted by atomic mass is 10.3. The fourth-order valence-electron chi connectivity index (χ4n) is 1.28. The molecule has 0 aliphatic carbocycles. The van der Waals surface area contributed by atoms with E-state index < -0.39 is 0 Å². The molecule has 0 fully saturated rings. The number of rotatable bonds is 3. The Morgan fingerprint density at radius 2 is 2.33 bits per heavy atom. The predicted molar refractivity (Wildman–Crippen MR) is 57.5 cm³/mol. The molecule has 78 valence electrons. The van der Waals surface area contributed by atoms with Gasteiger partial charge in [0.1, 0.15) is 12.1 Å². The van der Waals surface area contributed by atoms with E-state index in [1.165, 1.54) is 0 Å². The largest absolute Gasteiger partial charge is 0.494 e. The predicted octanol–water partition coefficient (Wildman–Crippen LogP) is 2.32. The zero-order valence-corrected chi connectivity index (χ0v) is 8.98. The maximum Gasteiger partial charge on any atom is 0.229 e. The van der Waals surface area contributed by atoms with Crippen LogP contribution in [-0.2, 0) is 0 Å². The summed E-state index contributed by atoms with van der Waals surface area (Å²) < 4.78 is 7.07. The Balaban J connectivity index is 2.37. The van der Waals surface area contributed by atoms with Crippen LogP contribution in [-0.4, -0.2) is 21.4 Å². The second-order valence-electron chi connectivity index (χ2n) is 2.90. The van der Waals surface area contributed by atoms with Gasteiger partial charge in [-0.3, -0.25) is 4.57 Å². The average Bonchev–Trinajstić information content (AvgIpc) is 2.65. The molecule has 1 aromatic carbocycles. The van der Waals surface area contributed by atoms with Crippen molar-refractivity contribution in [2.24, 2.45) is 0 Å². The highest BCUT2D eigenvalue weighted by Gasteiger charge is 2.03. The summed E-state index contributed by atoms with van der Waals surface area (Å²) in [4.78, 5) is 0. The Morgan fingerprint density at radius 3 is 3.00 bits per heavy atom.